The number of para-hydroxylation sites is 1. The molecule has 1 aliphatic rings. The number of hydrogen-bond acceptors (Lipinski definition) is 4. The molecule has 0 aromatic heterocycles. The van der Waals surface area contributed by atoms with Gasteiger partial charge in [-0.15, -0.1) is 0 Å². The van der Waals surface area contributed by atoms with E-state index in [0.29, 0.717) is 32.4 Å². The van der Waals surface area contributed by atoms with Gasteiger partial charge >= 0.3 is 0 Å². The Balaban J connectivity index is 1.79. The second kappa shape index (κ2) is 13.9. The maximum Gasteiger partial charge on any atom is 0.244 e. The smallest absolute Gasteiger partial charge is 0.244 e. The van der Waals surface area contributed by atoms with Crippen LogP contribution in [0.25, 0.3) is 0 Å². The van der Waals surface area contributed by atoms with Gasteiger partial charge in [0.1, 0.15) is 12.6 Å². The second-order valence-electron chi connectivity index (χ2n) is 10.9. The van der Waals surface area contributed by atoms with E-state index in [9.17, 15) is 18.0 Å². The van der Waals surface area contributed by atoms with Gasteiger partial charge in [-0.2, -0.15) is 0 Å². The number of sulfonamides is 1. The molecule has 1 saturated carbocycles. The number of carbonyl (C=O) groups excluding carboxylic acids is 2. The average molecular weight is 631 g/mol. The van der Waals surface area contributed by atoms with Gasteiger partial charge in [-0.25, -0.2) is 8.42 Å². The fraction of sp³-hybridized carbons (Fsp3) is 0.375. The normalized spacial score (nSPS) is 14.4. The van der Waals surface area contributed by atoms with Crippen LogP contribution in [0.5, 0.6) is 0 Å². The Labute approximate surface area is 258 Å². The second-order valence-corrected chi connectivity index (χ2v) is 13.6. The number of carbonyl (C=O) groups is 2. The van der Waals surface area contributed by atoms with Crippen molar-refractivity contribution >= 4 is 50.7 Å². The molecule has 42 heavy (non-hydrogen) atoms. The molecule has 3 aromatic carbocycles. The third-order valence-electron chi connectivity index (χ3n) is 7.73. The molecule has 0 aliphatic heterocycles. The quantitative estimate of drug-likeness (QED) is 0.279. The van der Waals surface area contributed by atoms with Crippen LogP contribution >= 0.6 is 23.2 Å². The summed E-state index contributed by atoms with van der Waals surface area (Å²) in [5.74, 6) is -0.832. The standard InChI is InChI=1S/C32H37Cl2N3O4S/c1-22-11-9-12-23(2)31(22)37(42(3,40)41)21-30(38)36(20-26-27(33)17-10-18-28(26)34)29(19-24-13-5-4-6-14-24)32(39)35-25-15-7-8-16-25/h4-6,9-14,17-18,25,29H,7-8,15-16,19-21H2,1-3H3,(H,35,39). The molecule has 1 N–H and O–H groups in total. The molecule has 1 unspecified atom stereocenters. The number of rotatable bonds is 11. The van der Waals surface area contributed by atoms with E-state index in [2.05, 4.69) is 5.32 Å². The fourth-order valence-electron chi connectivity index (χ4n) is 5.55. The van der Waals surface area contributed by atoms with Crippen molar-refractivity contribution in [2.24, 2.45) is 0 Å². The summed E-state index contributed by atoms with van der Waals surface area (Å²) < 4.78 is 27.4. The first-order chi connectivity index (χ1) is 20.0. The molecule has 4 rings (SSSR count). The maximum absolute atomic E-state index is 14.4. The number of amides is 2. The largest absolute Gasteiger partial charge is 0.352 e. The zero-order valence-corrected chi connectivity index (χ0v) is 26.5. The van der Waals surface area contributed by atoms with Crippen LogP contribution in [0, 0.1) is 13.8 Å². The summed E-state index contributed by atoms with van der Waals surface area (Å²) in [6.07, 6.45) is 5.13. The third kappa shape index (κ3) is 7.85. The van der Waals surface area contributed by atoms with E-state index in [1.165, 1.54) is 4.90 Å². The first-order valence-electron chi connectivity index (χ1n) is 14.1. The molecule has 10 heteroatoms. The number of aryl methyl sites for hydroxylation is 2. The van der Waals surface area contributed by atoms with E-state index in [1.54, 1.807) is 44.2 Å². The van der Waals surface area contributed by atoms with E-state index < -0.39 is 28.5 Å². The van der Waals surface area contributed by atoms with Crippen LogP contribution in [0.1, 0.15) is 47.9 Å². The van der Waals surface area contributed by atoms with Crippen LogP contribution < -0.4 is 9.62 Å². The van der Waals surface area contributed by atoms with Crippen LogP contribution in [0.3, 0.4) is 0 Å². The molecular weight excluding hydrogens is 593 g/mol. The number of halogens is 2. The lowest BCUT2D eigenvalue weighted by Gasteiger charge is -2.35. The Bertz CT molecular complexity index is 1490. The molecule has 224 valence electrons. The van der Waals surface area contributed by atoms with Crippen molar-refractivity contribution in [1.29, 1.82) is 0 Å². The average Bonchev–Trinajstić information content (AvgIpc) is 3.44. The SMILES string of the molecule is Cc1cccc(C)c1N(CC(=O)N(Cc1c(Cl)cccc1Cl)C(Cc1ccccc1)C(=O)NC1CCCC1)S(C)(=O)=O. The highest BCUT2D eigenvalue weighted by Gasteiger charge is 2.35. The molecule has 1 atom stereocenters. The summed E-state index contributed by atoms with van der Waals surface area (Å²) in [6.45, 7) is 3.05. The van der Waals surface area contributed by atoms with Crippen LogP contribution in [0.2, 0.25) is 10.0 Å². The first kappa shape index (κ1) is 31.9. The highest BCUT2D eigenvalue weighted by atomic mass is 35.5. The van der Waals surface area contributed by atoms with Crippen molar-refractivity contribution in [1.82, 2.24) is 10.2 Å². The van der Waals surface area contributed by atoms with Crippen molar-refractivity contribution in [3.63, 3.8) is 0 Å². The predicted octanol–water partition coefficient (Wildman–Crippen LogP) is 6.08. The van der Waals surface area contributed by atoms with Crippen molar-refractivity contribution in [2.75, 3.05) is 17.1 Å². The number of benzene rings is 3. The lowest BCUT2D eigenvalue weighted by Crippen LogP contribution is -2.54. The molecule has 7 nitrogen and oxygen atoms in total. The molecule has 0 spiro atoms. The predicted molar refractivity (Wildman–Crippen MR) is 169 cm³/mol. The monoisotopic (exact) mass is 629 g/mol. The van der Waals surface area contributed by atoms with Crippen LogP contribution in [-0.2, 0) is 32.6 Å². The molecule has 0 saturated heterocycles. The van der Waals surface area contributed by atoms with Gasteiger partial charge in [0.15, 0.2) is 0 Å². The van der Waals surface area contributed by atoms with Crippen molar-refractivity contribution in [2.45, 2.75) is 64.6 Å². The molecule has 0 radical (unpaired) electrons. The van der Waals surface area contributed by atoms with E-state index in [1.807, 2.05) is 36.4 Å². The van der Waals surface area contributed by atoms with Gasteiger partial charge in [-0.1, -0.05) is 90.6 Å². The zero-order chi connectivity index (χ0) is 30.4. The Morgan fingerprint density at radius 3 is 2.05 bits per heavy atom. The minimum absolute atomic E-state index is 0.0266. The minimum atomic E-state index is -3.87. The van der Waals surface area contributed by atoms with Crippen LogP contribution in [-0.4, -0.2) is 50.0 Å². The van der Waals surface area contributed by atoms with Gasteiger partial charge in [0, 0.05) is 34.6 Å². The van der Waals surface area contributed by atoms with Gasteiger partial charge in [-0.3, -0.25) is 13.9 Å². The Kier molecular flexibility index (Phi) is 10.6. The van der Waals surface area contributed by atoms with E-state index in [4.69, 9.17) is 23.2 Å². The van der Waals surface area contributed by atoms with Gasteiger partial charge in [0.05, 0.1) is 11.9 Å². The van der Waals surface area contributed by atoms with Crippen LogP contribution in [0.4, 0.5) is 5.69 Å². The Hall–Kier alpha value is -3.07. The molecule has 0 heterocycles. The number of anilines is 1. The highest BCUT2D eigenvalue weighted by Crippen LogP contribution is 2.30. The molecule has 0 bridgehead atoms. The summed E-state index contributed by atoms with van der Waals surface area (Å²) in [6, 6.07) is 19.1. The minimum Gasteiger partial charge on any atom is -0.352 e. The summed E-state index contributed by atoms with van der Waals surface area (Å²) in [5, 5.41) is 3.86. The van der Waals surface area contributed by atoms with Gasteiger partial charge in [0.25, 0.3) is 0 Å². The molecular formula is C32H37Cl2N3O4S. The molecule has 1 aliphatic carbocycles. The number of nitrogens with one attached hydrogen (secondary N) is 1. The summed E-state index contributed by atoms with van der Waals surface area (Å²) in [5.41, 5.74) is 3.22. The number of hydrogen-bond donors (Lipinski definition) is 1. The third-order valence-corrected chi connectivity index (χ3v) is 9.55. The first-order valence-corrected chi connectivity index (χ1v) is 16.7. The van der Waals surface area contributed by atoms with E-state index in [-0.39, 0.29) is 24.9 Å². The van der Waals surface area contributed by atoms with Crippen molar-refractivity contribution in [3.8, 4) is 0 Å². The van der Waals surface area contributed by atoms with Gasteiger partial charge in [-0.05, 0) is 55.5 Å². The lowest BCUT2D eigenvalue weighted by molar-refractivity contribution is -0.140. The lowest BCUT2D eigenvalue weighted by atomic mass is 10.0. The van der Waals surface area contributed by atoms with E-state index in [0.717, 1.165) is 41.8 Å². The zero-order valence-electron chi connectivity index (χ0n) is 24.1. The van der Waals surface area contributed by atoms with Gasteiger partial charge < -0.3 is 10.2 Å². The molecule has 3 aromatic rings. The Morgan fingerprint density at radius 2 is 1.48 bits per heavy atom. The van der Waals surface area contributed by atoms with Crippen molar-refractivity contribution in [3.05, 3.63) is 99.0 Å². The van der Waals surface area contributed by atoms with Crippen molar-refractivity contribution < 1.29 is 18.0 Å². The maximum atomic E-state index is 14.4. The van der Waals surface area contributed by atoms with E-state index >= 15 is 0 Å². The van der Waals surface area contributed by atoms with Crippen LogP contribution in [0.15, 0.2) is 66.7 Å². The summed E-state index contributed by atoms with van der Waals surface area (Å²) in [4.78, 5) is 29.7. The number of nitrogens with zero attached hydrogens (tertiary/aromatic N) is 2. The Morgan fingerprint density at radius 1 is 0.905 bits per heavy atom. The summed E-state index contributed by atoms with van der Waals surface area (Å²) in [7, 11) is -3.87. The van der Waals surface area contributed by atoms with Gasteiger partial charge in [0.2, 0.25) is 21.8 Å². The summed E-state index contributed by atoms with van der Waals surface area (Å²) >= 11 is 13.1. The highest BCUT2D eigenvalue weighted by molar-refractivity contribution is 7.92. The fourth-order valence-corrected chi connectivity index (χ4v) is 7.03. The molecule has 1 fully saturated rings. The topological polar surface area (TPSA) is 86.8 Å². The molecule has 2 amide bonds.